The minimum absolute atomic E-state index is 0.251. The number of carbonyl (C=O) groups excluding carboxylic acids is 2. The van der Waals surface area contributed by atoms with E-state index in [2.05, 4.69) is 4.98 Å². The van der Waals surface area contributed by atoms with Crippen molar-refractivity contribution in [3.63, 3.8) is 0 Å². The molecule has 1 N–H and O–H groups in total. The third-order valence-electron chi connectivity index (χ3n) is 2.33. The lowest BCUT2D eigenvalue weighted by molar-refractivity contribution is -0.104. The van der Waals surface area contributed by atoms with Crippen LogP contribution in [0.2, 0.25) is 0 Å². The third kappa shape index (κ3) is 1.44. The number of rotatable bonds is 2. The number of aromatic amines is 1. The first kappa shape index (κ1) is 9.58. The zero-order chi connectivity index (χ0) is 11.0. The number of ketones is 1. The molecule has 1 heterocycles. The summed E-state index contributed by atoms with van der Waals surface area (Å²) < 4.78 is 13.2. The van der Waals surface area contributed by atoms with E-state index in [0.717, 1.165) is 0 Å². The molecule has 4 heteroatoms. The number of aldehydes is 1. The van der Waals surface area contributed by atoms with Gasteiger partial charge < -0.3 is 4.98 Å². The number of hydrogen-bond acceptors (Lipinski definition) is 2. The molecular formula is C11H8FNO2. The molecule has 0 aliphatic carbocycles. The highest BCUT2D eigenvalue weighted by atomic mass is 19.1. The molecule has 0 fully saturated rings. The molecule has 1 aromatic heterocycles. The SMILES string of the molecule is Cc1cc2c(C(=O)C=O)c[nH]c2cc1F. The molecule has 0 aliphatic rings. The van der Waals surface area contributed by atoms with Crippen LogP contribution in [0, 0.1) is 12.7 Å². The highest BCUT2D eigenvalue weighted by molar-refractivity contribution is 6.36. The van der Waals surface area contributed by atoms with Crippen LogP contribution in [0.15, 0.2) is 18.3 Å². The Bertz CT molecular complexity index is 557. The number of Topliss-reactive ketones (excluding diaryl/α,β-unsaturated/α-hetero) is 1. The summed E-state index contributed by atoms with van der Waals surface area (Å²) in [7, 11) is 0. The number of halogens is 1. The van der Waals surface area contributed by atoms with Gasteiger partial charge in [0.25, 0.3) is 0 Å². The van der Waals surface area contributed by atoms with Crippen molar-refractivity contribution in [3.8, 4) is 0 Å². The van der Waals surface area contributed by atoms with Gasteiger partial charge in [0.1, 0.15) is 5.82 Å². The van der Waals surface area contributed by atoms with Crippen LogP contribution in [0.1, 0.15) is 15.9 Å². The number of H-pyrrole nitrogens is 1. The van der Waals surface area contributed by atoms with E-state index in [9.17, 15) is 14.0 Å². The first-order valence-corrected chi connectivity index (χ1v) is 4.40. The van der Waals surface area contributed by atoms with Crippen LogP contribution < -0.4 is 0 Å². The van der Waals surface area contributed by atoms with Crippen LogP contribution >= 0.6 is 0 Å². The molecule has 0 bridgehead atoms. The summed E-state index contributed by atoms with van der Waals surface area (Å²) in [6.45, 7) is 1.61. The molecule has 0 atom stereocenters. The Labute approximate surface area is 84.9 Å². The van der Waals surface area contributed by atoms with Crippen LogP contribution in [0.25, 0.3) is 10.9 Å². The smallest absolute Gasteiger partial charge is 0.227 e. The van der Waals surface area contributed by atoms with Gasteiger partial charge in [-0.3, -0.25) is 9.59 Å². The molecule has 0 spiro atoms. The van der Waals surface area contributed by atoms with E-state index in [4.69, 9.17) is 0 Å². The monoisotopic (exact) mass is 205 g/mol. The normalized spacial score (nSPS) is 10.5. The van der Waals surface area contributed by atoms with Crippen LogP contribution in [-0.2, 0) is 4.79 Å². The summed E-state index contributed by atoms with van der Waals surface area (Å²) in [4.78, 5) is 24.3. The minimum atomic E-state index is -0.604. The van der Waals surface area contributed by atoms with Crippen molar-refractivity contribution < 1.29 is 14.0 Å². The maximum atomic E-state index is 13.2. The Morgan fingerprint density at radius 1 is 1.47 bits per heavy atom. The molecule has 0 amide bonds. The van der Waals surface area contributed by atoms with Gasteiger partial charge >= 0.3 is 0 Å². The largest absolute Gasteiger partial charge is 0.360 e. The Hall–Kier alpha value is -1.97. The van der Waals surface area contributed by atoms with Crippen molar-refractivity contribution in [2.24, 2.45) is 0 Å². The lowest BCUT2D eigenvalue weighted by atomic mass is 10.1. The first-order chi connectivity index (χ1) is 7.13. The van der Waals surface area contributed by atoms with Gasteiger partial charge in [0.05, 0.1) is 5.56 Å². The van der Waals surface area contributed by atoms with Crippen molar-refractivity contribution in [1.82, 2.24) is 4.98 Å². The van der Waals surface area contributed by atoms with Gasteiger partial charge in [0.15, 0.2) is 6.29 Å². The van der Waals surface area contributed by atoms with Crippen molar-refractivity contribution in [1.29, 1.82) is 0 Å². The number of nitrogens with one attached hydrogen (secondary N) is 1. The van der Waals surface area contributed by atoms with E-state index < -0.39 is 5.78 Å². The van der Waals surface area contributed by atoms with E-state index in [1.54, 1.807) is 13.0 Å². The molecule has 0 saturated carbocycles. The molecule has 2 rings (SSSR count). The summed E-state index contributed by atoms with van der Waals surface area (Å²) in [5, 5.41) is 0.575. The molecule has 0 aliphatic heterocycles. The molecule has 3 nitrogen and oxygen atoms in total. The van der Waals surface area contributed by atoms with Gasteiger partial charge in [-0.25, -0.2) is 4.39 Å². The van der Waals surface area contributed by atoms with E-state index in [0.29, 0.717) is 16.5 Å². The summed E-state index contributed by atoms with van der Waals surface area (Å²) in [5.74, 6) is -0.943. The second-order valence-electron chi connectivity index (χ2n) is 3.33. The average molecular weight is 205 g/mol. The highest BCUT2D eigenvalue weighted by Crippen LogP contribution is 2.21. The van der Waals surface area contributed by atoms with Gasteiger partial charge in [-0.2, -0.15) is 0 Å². The zero-order valence-electron chi connectivity index (χ0n) is 8.00. The van der Waals surface area contributed by atoms with E-state index >= 15 is 0 Å². The number of carbonyl (C=O) groups is 2. The molecule has 15 heavy (non-hydrogen) atoms. The molecule has 2 aromatic rings. The summed E-state index contributed by atoms with van der Waals surface area (Å²) >= 11 is 0. The third-order valence-corrected chi connectivity index (χ3v) is 2.33. The fourth-order valence-corrected chi connectivity index (χ4v) is 1.52. The van der Waals surface area contributed by atoms with E-state index in [1.165, 1.54) is 12.3 Å². The van der Waals surface area contributed by atoms with Gasteiger partial charge in [0, 0.05) is 17.1 Å². The van der Waals surface area contributed by atoms with Crippen molar-refractivity contribution in [2.45, 2.75) is 6.92 Å². The maximum Gasteiger partial charge on any atom is 0.227 e. The fourth-order valence-electron chi connectivity index (χ4n) is 1.52. The average Bonchev–Trinajstić information content (AvgIpc) is 2.61. The molecule has 0 unspecified atom stereocenters. The van der Waals surface area contributed by atoms with Crippen LogP contribution in [0.5, 0.6) is 0 Å². The number of aryl methyl sites for hydroxylation is 1. The molecule has 1 aromatic carbocycles. The molecular weight excluding hydrogens is 197 g/mol. The van der Waals surface area contributed by atoms with Gasteiger partial charge in [0.2, 0.25) is 5.78 Å². The standard InChI is InChI=1S/C11H8FNO2/c1-6-2-7-8(11(15)5-14)4-13-10(7)3-9(6)12/h2-5,13H,1H3. The van der Waals surface area contributed by atoms with E-state index in [1.807, 2.05) is 0 Å². The van der Waals surface area contributed by atoms with E-state index in [-0.39, 0.29) is 17.7 Å². The molecule has 76 valence electrons. The Morgan fingerprint density at radius 3 is 2.87 bits per heavy atom. The molecule has 0 radical (unpaired) electrons. The van der Waals surface area contributed by atoms with Crippen LogP contribution in [0.3, 0.4) is 0 Å². The predicted molar refractivity (Wildman–Crippen MR) is 53.4 cm³/mol. The second kappa shape index (κ2) is 3.31. The van der Waals surface area contributed by atoms with Crippen molar-refractivity contribution in [2.75, 3.05) is 0 Å². The van der Waals surface area contributed by atoms with Gasteiger partial charge in [-0.1, -0.05) is 0 Å². The predicted octanol–water partition coefficient (Wildman–Crippen LogP) is 2.00. The van der Waals surface area contributed by atoms with Crippen LogP contribution in [-0.4, -0.2) is 17.1 Å². The van der Waals surface area contributed by atoms with Crippen molar-refractivity contribution >= 4 is 23.0 Å². The number of aromatic nitrogens is 1. The van der Waals surface area contributed by atoms with Crippen molar-refractivity contribution in [3.05, 3.63) is 35.3 Å². The van der Waals surface area contributed by atoms with Gasteiger partial charge in [-0.05, 0) is 24.6 Å². The highest BCUT2D eigenvalue weighted by Gasteiger charge is 2.12. The van der Waals surface area contributed by atoms with Gasteiger partial charge in [-0.15, -0.1) is 0 Å². The lowest BCUT2D eigenvalue weighted by Gasteiger charge is -1.97. The fraction of sp³-hybridized carbons (Fsp3) is 0.0909. The summed E-state index contributed by atoms with van der Waals surface area (Å²) in [6.07, 6.45) is 1.67. The van der Waals surface area contributed by atoms with Crippen LogP contribution in [0.4, 0.5) is 4.39 Å². The first-order valence-electron chi connectivity index (χ1n) is 4.40. The summed E-state index contributed by atoms with van der Waals surface area (Å²) in [5.41, 5.74) is 1.24. The Kier molecular flexibility index (Phi) is 2.11. The number of benzene rings is 1. The lowest BCUT2D eigenvalue weighted by Crippen LogP contribution is -1.98. The second-order valence-corrected chi connectivity index (χ2v) is 3.33. The number of fused-ring (bicyclic) bond motifs is 1. The Balaban J connectivity index is 2.74. The maximum absolute atomic E-state index is 13.2. The summed E-state index contributed by atoms with van der Waals surface area (Å²) in [6, 6.07) is 2.87. The topological polar surface area (TPSA) is 49.9 Å². The number of hydrogen-bond donors (Lipinski definition) is 1. The Morgan fingerprint density at radius 2 is 2.20 bits per heavy atom. The molecule has 0 saturated heterocycles. The zero-order valence-corrected chi connectivity index (χ0v) is 8.00. The minimum Gasteiger partial charge on any atom is -0.360 e. The quantitative estimate of drug-likeness (QED) is 0.463.